The zero-order chi connectivity index (χ0) is 10.6. The lowest BCUT2D eigenvalue weighted by atomic mass is 10.0. The fourth-order valence-electron chi connectivity index (χ4n) is 1.11. The lowest BCUT2D eigenvalue weighted by Gasteiger charge is -2.20. The second-order valence-corrected chi connectivity index (χ2v) is 3.51. The molecular formula is C8H16N4O2. The summed E-state index contributed by atoms with van der Waals surface area (Å²) >= 11 is 0. The van der Waals surface area contributed by atoms with Crippen LogP contribution in [0.2, 0.25) is 0 Å². The largest absolute Gasteiger partial charge is 0.387 e. The van der Waals surface area contributed by atoms with Crippen LogP contribution in [-0.4, -0.2) is 44.1 Å². The first-order valence-electron chi connectivity index (χ1n) is 4.56. The molecule has 0 saturated heterocycles. The molecule has 0 saturated carbocycles. The SMILES string of the molecule is CCOCC(C)(O)Cc1nnn(C)n1. The Kier molecular flexibility index (Phi) is 3.54. The van der Waals surface area contributed by atoms with Crippen LogP contribution in [0.4, 0.5) is 0 Å². The molecule has 1 atom stereocenters. The first kappa shape index (κ1) is 11.1. The standard InChI is InChI=1S/C8H16N4O2/c1-4-14-6-8(2,13)5-7-9-11-12(3)10-7/h13H,4-6H2,1-3H3. The van der Waals surface area contributed by atoms with Gasteiger partial charge in [-0.1, -0.05) is 0 Å². The van der Waals surface area contributed by atoms with E-state index in [0.29, 0.717) is 18.9 Å². The van der Waals surface area contributed by atoms with Crippen molar-refractivity contribution < 1.29 is 9.84 Å². The molecule has 1 unspecified atom stereocenters. The third-order valence-corrected chi connectivity index (χ3v) is 1.71. The molecule has 0 bridgehead atoms. The molecule has 80 valence electrons. The Morgan fingerprint density at radius 2 is 2.29 bits per heavy atom. The van der Waals surface area contributed by atoms with Crippen molar-refractivity contribution in [3.05, 3.63) is 5.82 Å². The van der Waals surface area contributed by atoms with Crippen molar-refractivity contribution in [2.24, 2.45) is 7.05 Å². The highest BCUT2D eigenvalue weighted by molar-refractivity contribution is 4.88. The van der Waals surface area contributed by atoms with Gasteiger partial charge in [0.15, 0.2) is 5.82 Å². The van der Waals surface area contributed by atoms with Gasteiger partial charge in [0.25, 0.3) is 0 Å². The van der Waals surface area contributed by atoms with Crippen molar-refractivity contribution in [1.29, 1.82) is 0 Å². The zero-order valence-electron chi connectivity index (χ0n) is 8.77. The third-order valence-electron chi connectivity index (χ3n) is 1.71. The van der Waals surface area contributed by atoms with E-state index in [1.165, 1.54) is 4.80 Å². The van der Waals surface area contributed by atoms with E-state index < -0.39 is 5.60 Å². The first-order chi connectivity index (χ1) is 6.53. The van der Waals surface area contributed by atoms with Crippen molar-refractivity contribution in [2.45, 2.75) is 25.9 Å². The summed E-state index contributed by atoms with van der Waals surface area (Å²) in [5, 5.41) is 21.3. The Morgan fingerprint density at radius 3 is 2.79 bits per heavy atom. The molecule has 0 aliphatic carbocycles. The Balaban J connectivity index is 2.49. The maximum absolute atomic E-state index is 9.87. The molecule has 6 heteroatoms. The predicted molar refractivity (Wildman–Crippen MR) is 49.6 cm³/mol. The minimum Gasteiger partial charge on any atom is -0.387 e. The summed E-state index contributed by atoms with van der Waals surface area (Å²) in [7, 11) is 1.69. The van der Waals surface area contributed by atoms with Crippen molar-refractivity contribution in [3.63, 3.8) is 0 Å². The number of nitrogens with zero attached hydrogens (tertiary/aromatic N) is 4. The maximum atomic E-state index is 9.87. The third kappa shape index (κ3) is 3.39. The smallest absolute Gasteiger partial charge is 0.177 e. The fourth-order valence-corrected chi connectivity index (χ4v) is 1.11. The van der Waals surface area contributed by atoms with Crippen LogP contribution in [-0.2, 0) is 18.2 Å². The number of hydrogen-bond acceptors (Lipinski definition) is 5. The number of ether oxygens (including phenoxy) is 1. The molecule has 0 fully saturated rings. The van der Waals surface area contributed by atoms with Gasteiger partial charge in [0, 0.05) is 13.0 Å². The molecule has 14 heavy (non-hydrogen) atoms. The summed E-state index contributed by atoms with van der Waals surface area (Å²) < 4.78 is 5.14. The van der Waals surface area contributed by atoms with Gasteiger partial charge in [-0.2, -0.15) is 4.80 Å². The first-order valence-corrected chi connectivity index (χ1v) is 4.56. The van der Waals surface area contributed by atoms with Crippen LogP contribution in [0.1, 0.15) is 19.7 Å². The van der Waals surface area contributed by atoms with Crippen LogP contribution >= 0.6 is 0 Å². The van der Waals surface area contributed by atoms with E-state index in [9.17, 15) is 5.11 Å². The quantitative estimate of drug-likeness (QED) is 0.696. The van der Waals surface area contributed by atoms with Crippen molar-refractivity contribution in [2.75, 3.05) is 13.2 Å². The van der Waals surface area contributed by atoms with E-state index in [2.05, 4.69) is 15.4 Å². The Labute approximate surface area is 82.9 Å². The van der Waals surface area contributed by atoms with E-state index >= 15 is 0 Å². The van der Waals surface area contributed by atoms with Crippen LogP contribution in [0.25, 0.3) is 0 Å². The summed E-state index contributed by atoms with van der Waals surface area (Å²) in [5.74, 6) is 0.525. The van der Waals surface area contributed by atoms with E-state index in [1.54, 1.807) is 14.0 Å². The molecule has 0 aliphatic rings. The van der Waals surface area contributed by atoms with Gasteiger partial charge in [-0.05, 0) is 19.1 Å². The second kappa shape index (κ2) is 4.47. The van der Waals surface area contributed by atoms with Crippen molar-refractivity contribution in [3.8, 4) is 0 Å². The highest BCUT2D eigenvalue weighted by Gasteiger charge is 2.23. The minimum absolute atomic E-state index is 0.280. The molecule has 0 aromatic carbocycles. The molecule has 1 heterocycles. The van der Waals surface area contributed by atoms with E-state index in [1.807, 2.05) is 6.92 Å². The molecule has 0 amide bonds. The molecule has 1 aromatic heterocycles. The van der Waals surface area contributed by atoms with Gasteiger partial charge in [0.1, 0.15) is 0 Å². The lowest BCUT2D eigenvalue weighted by Crippen LogP contribution is -2.33. The molecular weight excluding hydrogens is 184 g/mol. The number of aliphatic hydroxyl groups is 1. The van der Waals surface area contributed by atoms with E-state index in [0.717, 1.165) is 0 Å². The summed E-state index contributed by atoms with van der Waals surface area (Å²) in [6.45, 7) is 4.45. The molecule has 1 N–H and O–H groups in total. The molecule has 0 spiro atoms. The second-order valence-electron chi connectivity index (χ2n) is 3.51. The fraction of sp³-hybridized carbons (Fsp3) is 0.875. The highest BCUT2D eigenvalue weighted by atomic mass is 16.5. The van der Waals surface area contributed by atoms with Crippen LogP contribution < -0.4 is 0 Å². The highest BCUT2D eigenvalue weighted by Crippen LogP contribution is 2.09. The van der Waals surface area contributed by atoms with Crippen molar-refractivity contribution >= 4 is 0 Å². The number of aromatic nitrogens is 4. The number of aryl methyl sites for hydroxylation is 1. The normalized spacial score (nSPS) is 15.4. The van der Waals surface area contributed by atoms with Gasteiger partial charge >= 0.3 is 0 Å². The Bertz CT molecular complexity index is 285. The number of rotatable bonds is 5. The predicted octanol–water partition coefficient (Wildman–Crippen LogP) is -0.460. The minimum atomic E-state index is -0.932. The summed E-state index contributed by atoms with van der Waals surface area (Å²) in [6, 6.07) is 0. The van der Waals surface area contributed by atoms with E-state index in [4.69, 9.17) is 4.74 Å². The van der Waals surface area contributed by atoms with Crippen LogP contribution in [0.5, 0.6) is 0 Å². The van der Waals surface area contributed by atoms with Gasteiger partial charge in [-0.25, -0.2) is 0 Å². The molecule has 0 radical (unpaired) electrons. The van der Waals surface area contributed by atoms with Gasteiger partial charge in [0.05, 0.1) is 19.3 Å². The monoisotopic (exact) mass is 200 g/mol. The van der Waals surface area contributed by atoms with Crippen molar-refractivity contribution in [1.82, 2.24) is 20.2 Å². The average Bonchev–Trinajstić information content (AvgIpc) is 2.47. The summed E-state index contributed by atoms with van der Waals surface area (Å²) in [5.41, 5.74) is -0.932. The molecule has 1 rings (SSSR count). The number of tetrazole rings is 1. The summed E-state index contributed by atoms with van der Waals surface area (Å²) in [4.78, 5) is 1.37. The Morgan fingerprint density at radius 1 is 1.57 bits per heavy atom. The van der Waals surface area contributed by atoms with Gasteiger partial charge in [0.2, 0.25) is 0 Å². The Hall–Kier alpha value is -1.01. The average molecular weight is 200 g/mol. The van der Waals surface area contributed by atoms with Crippen LogP contribution in [0.15, 0.2) is 0 Å². The van der Waals surface area contributed by atoms with Gasteiger partial charge in [-0.3, -0.25) is 0 Å². The topological polar surface area (TPSA) is 73.1 Å². The van der Waals surface area contributed by atoms with Crippen LogP contribution in [0.3, 0.4) is 0 Å². The summed E-state index contributed by atoms with van der Waals surface area (Å²) in [6.07, 6.45) is 0.348. The van der Waals surface area contributed by atoms with Gasteiger partial charge in [-0.15, -0.1) is 10.2 Å². The maximum Gasteiger partial charge on any atom is 0.177 e. The number of hydrogen-bond donors (Lipinski definition) is 1. The lowest BCUT2D eigenvalue weighted by molar-refractivity contribution is -0.0308. The van der Waals surface area contributed by atoms with Crippen LogP contribution in [0, 0.1) is 0 Å². The zero-order valence-corrected chi connectivity index (χ0v) is 8.77. The van der Waals surface area contributed by atoms with Gasteiger partial charge < -0.3 is 9.84 Å². The molecule has 0 aliphatic heterocycles. The van der Waals surface area contributed by atoms with E-state index in [-0.39, 0.29) is 6.61 Å². The molecule has 6 nitrogen and oxygen atoms in total. The molecule has 1 aromatic rings.